The molecule has 104 valence electrons. The fourth-order valence-corrected chi connectivity index (χ4v) is 4.85. The van der Waals surface area contributed by atoms with Crippen LogP contribution in [0.3, 0.4) is 0 Å². The highest BCUT2D eigenvalue weighted by Gasteiger charge is 2.31. The predicted molar refractivity (Wildman–Crippen MR) is 82.8 cm³/mol. The molecule has 0 aliphatic rings. The van der Waals surface area contributed by atoms with E-state index in [2.05, 4.69) is 26.7 Å². The number of ether oxygens (including phenoxy) is 1. The third kappa shape index (κ3) is 4.74. The van der Waals surface area contributed by atoms with E-state index < -0.39 is 8.32 Å². The minimum Gasteiger partial charge on any atom is -0.490 e. The number of para-hydroxylation sites is 1. The van der Waals surface area contributed by atoms with Crippen LogP contribution < -0.4 is 4.74 Å². The average molecular weight is 276 g/mol. The molecule has 1 rings (SSSR count). The summed E-state index contributed by atoms with van der Waals surface area (Å²) in [5, 5.41) is 0. The van der Waals surface area contributed by atoms with Gasteiger partial charge in [-0.05, 0) is 30.3 Å². The molecular formula is C16H24O2Si. The van der Waals surface area contributed by atoms with Crippen LogP contribution in [0, 0.1) is 12.3 Å². The van der Waals surface area contributed by atoms with Crippen LogP contribution in [-0.4, -0.2) is 21.0 Å². The Kier molecular flexibility index (Phi) is 6.69. The zero-order valence-corrected chi connectivity index (χ0v) is 13.2. The monoisotopic (exact) mass is 276 g/mol. The van der Waals surface area contributed by atoms with Crippen molar-refractivity contribution in [1.29, 1.82) is 0 Å². The van der Waals surface area contributed by atoms with Crippen molar-refractivity contribution in [1.82, 2.24) is 0 Å². The lowest BCUT2D eigenvalue weighted by molar-refractivity contribution is 0.160. The van der Waals surface area contributed by atoms with Crippen molar-refractivity contribution < 1.29 is 9.16 Å². The van der Waals surface area contributed by atoms with Crippen LogP contribution in [-0.2, 0) is 4.43 Å². The molecule has 2 nitrogen and oxygen atoms in total. The maximum Gasteiger partial charge on any atom is 0.193 e. The van der Waals surface area contributed by atoms with Gasteiger partial charge in [-0.25, -0.2) is 0 Å². The quantitative estimate of drug-likeness (QED) is 0.526. The molecule has 0 saturated carbocycles. The van der Waals surface area contributed by atoms with Gasteiger partial charge in [0.05, 0.1) is 0 Å². The molecule has 0 radical (unpaired) electrons. The Morgan fingerprint density at radius 2 is 1.68 bits per heavy atom. The lowest BCUT2D eigenvalue weighted by Gasteiger charge is -2.31. The highest BCUT2D eigenvalue weighted by molar-refractivity contribution is 6.73. The van der Waals surface area contributed by atoms with E-state index in [0.29, 0.717) is 6.61 Å². The molecule has 0 aliphatic heterocycles. The lowest BCUT2D eigenvalue weighted by Crippen LogP contribution is -2.41. The van der Waals surface area contributed by atoms with Crippen molar-refractivity contribution in [3.63, 3.8) is 0 Å². The van der Waals surface area contributed by atoms with Crippen LogP contribution in [0.25, 0.3) is 0 Å². The minimum absolute atomic E-state index is 0.244. The van der Waals surface area contributed by atoms with E-state index >= 15 is 0 Å². The first-order chi connectivity index (χ1) is 9.19. The van der Waals surface area contributed by atoms with E-state index in [1.54, 1.807) is 0 Å². The van der Waals surface area contributed by atoms with Crippen LogP contribution >= 0.6 is 0 Å². The van der Waals surface area contributed by atoms with Crippen molar-refractivity contribution >= 4 is 8.32 Å². The summed E-state index contributed by atoms with van der Waals surface area (Å²) in [4.78, 5) is 0. The standard InChI is InChI=1S/C16H24O2Si/c1-5-15(18-19(6-2,7-3)8-4)14-17-16-12-10-9-11-13-16/h1,9-13,15H,6-8,14H2,2-4H3. The average Bonchev–Trinajstić information content (AvgIpc) is 2.49. The van der Waals surface area contributed by atoms with Gasteiger partial charge in [-0.2, -0.15) is 0 Å². The van der Waals surface area contributed by atoms with Crippen molar-refractivity contribution in [3.05, 3.63) is 30.3 Å². The van der Waals surface area contributed by atoms with E-state index in [0.717, 1.165) is 23.9 Å². The first-order valence-corrected chi connectivity index (χ1v) is 9.54. The molecule has 0 aromatic heterocycles. The summed E-state index contributed by atoms with van der Waals surface area (Å²) in [5.74, 6) is 3.55. The number of hydrogen-bond donors (Lipinski definition) is 0. The summed E-state index contributed by atoms with van der Waals surface area (Å²) >= 11 is 0. The zero-order valence-electron chi connectivity index (χ0n) is 12.2. The fraction of sp³-hybridized carbons (Fsp3) is 0.500. The van der Waals surface area contributed by atoms with E-state index in [-0.39, 0.29) is 6.10 Å². The lowest BCUT2D eigenvalue weighted by atomic mass is 10.3. The zero-order chi connectivity index (χ0) is 14.1. The van der Waals surface area contributed by atoms with Crippen LogP contribution in [0.5, 0.6) is 5.75 Å². The molecule has 0 aliphatic carbocycles. The number of terminal acetylenes is 1. The molecule has 1 aromatic carbocycles. The second-order valence-corrected chi connectivity index (χ2v) is 9.36. The van der Waals surface area contributed by atoms with E-state index in [9.17, 15) is 0 Å². The molecule has 0 bridgehead atoms. The van der Waals surface area contributed by atoms with Crippen molar-refractivity contribution in [2.24, 2.45) is 0 Å². The number of rotatable bonds is 8. The first kappa shape index (κ1) is 15.8. The molecule has 0 N–H and O–H groups in total. The van der Waals surface area contributed by atoms with Gasteiger partial charge < -0.3 is 9.16 Å². The van der Waals surface area contributed by atoms with Gasteiger partial charge in [0.1, 0.15) is 18.5 Å². The summed E-state index contributed by atoms with van der Waals surface area (Å²) in [6.07, 6.45) is 5.33. The van der Waals surface area contributed by atoms with Crippen LogP contribution in [0.2, 0.25) is 18.1 Å². The van der Waals surface area contributed by atoms with Crippen molar-refractivity contribution in [2.75, 3.05) is 6.61 Å². The molecule has 1 aromatic rings. The fourth-order valence-electron chi connectivity index (χ4n) is 2.11. The first-order valence-electron chi connectivity index (χ1n) is 7.01. The molecule has 1 unspecified atom stereocenters. The third-order valence-corrected chi connectivity index (χ3v) is 8.31. The van der Waals surface area contributed by atoms with Gasteiger partial charge in [-0.3, -0.25) is 0 Å². The number of hydrogen-bond acceptors (Lipinski definition) is 2. The molecule has 0 amide bonds. The SMILES string of the molecule is C#CC(COc1ccccc1)O[Si](CC)(CC)CC. The maximum absolute atomic E-state index is 6.23. The van der Waals surface area contributed by atoms with Crippen molar-refractivity contribution in [2.45, 2.75) is 45.0 Å². The highest BCUT2D eigenvalue weighted by Crippen LogP contribution is 2.23. The van der Waals surface area contributed by atoms with Gasteiger partial charge in [0.2, 0.25) is 0 Å². The largest absolute Gasteiger partial charge is 0.490 e. The van der Waals surface area contributed by atoms with E-state index in [1.165, 1.54) is 0 Å². The summed E-state index contributed by atoms with van der Waals surface area (Å²) in [6.45, 7) is 7.02. The second kappa shape index (κ2) is 8.03. The molecule has 0 heterocycles. The molecule has 0 saturated heterocycles. The second-order valence-electron chi connectivity index (χ2n) is 4.64. The highest BCUT2D eigenvalue weighted by atomic mass is 28.4. The smallest absolute Gasteiger partial charge is 0.193 e. The van der Waals surface area contributed by atoms with Crippen molar-refractivity contribution in [3.8, 4) is 18.1 Å². The molecule has 19 heavy (non-hydrogen) atoms. The maximum atomic E-state index is 6.23. The normalized spacial score (nSPS) is 12.7. The predicted octanol–water partition coefficient (Wildman–Crippen LogP) is 4.09. The Morgan fingerprint density at radius 1 is 1.11 bits per heavy atom. The summed E-state index contributed by atoms with van der Waals surface area (Å²) in [7, 11) is -1.66. The molecule has 0 fully saturated rings. The Morgan fingerprint density at radius 3 is 2.16 bits per heavy atom. The summed E-state index contributed by atoms with van der Waals surface area (Å²) in [5.41, 5.74) is 0. The minimum atomic E-state index is -1.66. The van der Waals surface area contributed by atoms with E-state index in [1.807, 2.05) is 30.3 Å². The Hall–Kier alpha value is -1.24. The Labute approximate surface area is 118 Å². The molecule has 1 atom stereocenters. The van der Waals surface area contributed by atoms with Crippen LogP contribution in [0.15, 0.2) is 30.3 Å². The van der Waals surface area contributed by atoms with Gasteiger partial charge in [0.25, 0.3) is 0 Å². The van der Waals surface area contributed by atoms with Crippen LogP contribution in [0.1, 0.15) is 20.8 Å². The molecule has 3 heteroatoms. The van der Waals surface area contributed by atoms with E-state index in [4.69, 9.17) is 15.6 Å². The van der Waals surface area contributed by atoms with Gasteiger partial charge >= 0.3 is 0 Å². The van der Waals surface area contributed by atoms with Gasteiger partial charge in [-0.1, -0.05) is 44.9 Å². The van der Waals surface area contributed by atoms with Crippen LogP contribution in [0.4, 0.5) is 0 Å². The Balaban J connectivity index is 2.57. The Bertz CT molecular complexity index is 385. The third-order valence-electron chi connectivity index (χ3n) is 3.66. The molecule has 0 spiro atoms. The summed E-state index contributed by atoms with van der Waals surface area (Å²) in [6, 6.07) is 13.0. The van der Waals surface area contributed by atoms with Gasteiger partial charge in [0.15, 0.2) is 8.32 Å². The molecular weight excluding hydrogens is 252 g/mol. The topological polar surface area (TPSA) is 18.5 Å². The van der Waals surface area contributed by atoms with Gasteiger partial charge in [0, 0.05) is 0 Å². The number of benzene rings is 1. The van der Waals surface area contributed by atoms with Gasteiger partial charge in [-0.15, -0.1) is 6.42 Å². The summed E-state index contributed by atoms with van der Waals surface area (Å²) < 4.78 is 11.9.